The van der Waals surface area contributed by atoms with Gasteiger partial charge in [0.25, 0.3) is 0 Å². The molecule has 4 N–H and O–H groups in total. The van der Waals surface area contributed by atoms with Crippen LogP contribution >= 0.6 is 0 Å². The molecule has 8 fully saturated rings. The maximum atomic E-state index is 12.8. The highest BCUT2D eigenvalue weighted by molar-refractivity contribution is 5.77. The number of carboxylic acids is 2. The molecule has 66 heavy (non-hydrogen) atoms. The molecule has 0 heterocycles. The zero-order valence-electron chi connectivity index (χ0n) is 44.5. The van der Waals surface area contributed by atoms with Gasteiger partial charge in [-0.2, -0.15) is 0 Å². The van der Waals surface area contributed by atoms with Gasteiger partial charge in [-0.1, -0.05) is 120 Å². The fraction of sp³-hybridized carbons (Fsp3) is 0.900. The SMILES string of the molecule is CC1(C)CC[C@]2(C(=O)O)CC[C@]3(C)C(=CC[C@@H]4[C@@]5(C)CC[C@H](O)C(C)(C)[C@@H]5CC[C@]43C)[C@@H]2C1.C[C@@H]1CC[C@]2(C(=O)O)CC[C@]3(C)C(=CC[C@@H]4[C@@]5(C)CC[C@H](O)C(C)(C)[C@@H]5CC[C@]43C)C2[C@H]1C. The van der Waals surface area contributed by atoms with E-state index in [0.29, 0.717) is 35.5 Å². The second kappa shape index (κ2) is 15.2. The largest absolute Gasteiger partial charge is 0.481 e. The van der Waals surface area contributed by atoms with Gasteiger partial charge in [0.1, 0.15) is 0 Å². The molecule has 0 amide bonds. The molecular formula is C60H96O6. The van der Waals surface area contributed by atoms with E-state index in [-0.39, 0.29) is 72.8 Å². The Kier molecular flexibility index (Phi) is 11.3. The van der Waals surface area contributed by atoms with E-state index in [1.54, 1.807) is 0 Å². The Bertz CT molecular complexity index is 2040. The fourth-order valence-electron chi connectivity index (χ4n) is 21.5. The predicted octanol–water partition coefficient (Wildman–Crippen LogP) is 14.3. The summed E-state index contributed by atoms with van der Waals surface area (Å²) in [7, 11) is 0. The number of allylic oxidation sites excluding steroid dienone is 4. The Labute approximate surface area is 401 Å². The monoisotopic (exact) mass is 913 g/mol. The second-order valence-electron chi connectivity index (χ2n) is 29.5. The van der Waals surface area contributed by atoms with Crippen molar-refractivity contribution in [3.8, 4) is 0 Å². The van der Waals surface area contributed by atoms with Crippen molar-refractivity contribution in [3.63, 3.8) is 0 Å². The Morgan fingerprint density at radius 1 is 0.500 bits per heavy atom. The number of hydrogen-bond acceptors (Lipinski definition) is 4. The molecule has 0 aromatic carbocycles. The molecule has 0 aliphatic heterocycles. The van der Waals surface area contributed by atoms with Crippen molar-refractivity contribution < 1.29 is 30.0 Å². The molecule has 6 heteroatoms. The van der Waals surface area contributed by atoms with E-state index in [2.05, 4.69) is 109 Å². The minimum atomic E-state index is -0.557. The standard InChI is InChI=1S/2C30H48O3/c1-18-10-15-30(25(32)33)17-16-28(6)20(24(30)19(18)2)8-9-22-27(5)13-12-23(31)26(3,4)21(27)11-14-29(22,28)7;1-25(2)14-16-30(24(32)33)17-15-28(6)19(20(30)18-25)8-9-22-27(5)12-11-23(31)26(3,4)21(27)10-13-29(22,28)7/h8,18-19,21-24,31H,9-17H2,1-7H3,(H,32,33);8,20-23,31H,9-18H2,1-7H3,(H,32,33)/t18-,19+,21+,22-,23+,24?,27+,28-,29-,30+;20-,21-,22+,23-,27-,28+,29+,30-/m10/s1. The van der Waals surface area contributed by atoms with E-state index in [0.717, 1.165) is 96.3 Å². The number of hydrogen-bond donors (Lipinski definition) is 4. The van der Waals surface area contributed by atoms with Gasteiger partial charge >= 0.3 is 11.9 Å². The molecule has 10 aliphatic rings. The lowest BCUT2D eigenvalue weighted by atomic mass is 9.33. The van der Waals surface area contributed by atoms with Crippen molar-refractivity contribution in [2.24, 2.45) is 107 Å². The maximum absolute atomic E-state index is 12.8. The molecular weight excluding hydrogens is 817 g/mol. The third-order valence-corrected chi connectivity index (χ3v) is 26.4. The second-order valence-corrected chi connectivity index (χ2v) is 29.5. The van der Waals surface area contributed by atoms with Gasteiger partial charge in [-0.05, 0) is 218 Å². The van der Waals surface area contributed by atoms with Gasteiger partial charge in [0.2, 0.25) is 0 Å². The highest BCUT2D eigenvalue weighted by Crippen LogP contribution is 2.78. The summed E-state index contributed by atoms with van der Waals surface area (Å²) in [5.74, 6) is 2.63. The molecule has 8 saturated carbocycles. The van der Waals surface area contributed by atoms with Gasteiger partial charge in [0, 0.05) is 0 Å². The Morgan fingerprint density at radius 3 is 1.42 bits per heavy atom. The highest BCUT2D eigenvalue weighted by atomic mass is 16.4. The quantitative estimate of drug-likeness (QED) is 0.205. The van der Waals surface area contributed by atoms with Crippen LogP contribution in [0.3, 0.4) is 0 Å². The molecule has 0 aromatic rings. The molecule has 372 valence electrons. The summed E-state index contributed by atoms with van der Waals surface area (Å²) in [6, 6.07) is 0. The molecule has 6 nitrogen and oxygen atoms in total. The first kappa shape index (κ1) is 49.3. The van der Waals surface area contributed by atoms with Crippen LogP contribution in [0.2, 0.25) is 0 Å². The molecule has 10 rings (SSSR count). The first-order valence-corrected chi connectivity index (χ1v) is 27.6. The summed E-state index contributed by atoms with van der Waals surface area (Å²) in [6.07, 6.45) is 24.3. The Morgan fingerprint density at radius 2 is 0.939 bits per heavy atom. The van der Waals surface area contributed by atoms with Crippen LogP contribution in [0, 0.1) is 107 Å². The first-order chi connectivity index (χ1) is 30.4. The average molecular weight is 913 g/mol. The lowest BCUT2D eigenvalue weighted by Gasteiger charge is -2.71. The van der Waals surface area contributed by atoms with Crippen molar-refractivity contribution in [1.29, 1.82) is 0 Å². The highest BCUT2D eigenvalue weighted by Gasteiger charge is 2.71. The smallest absolute Gasteiger partial charge is 0.310 e. The zero-order chi connectivity index (χ0) is 48.4. The van der Waals surface area contributed by atoms with Crippen LogP contribution in [-0.2, 0) is 9.59 Å². The van der Waals surface area contributed by atoms with E-state index >= 15 is 0 Å². The minimum absolute atomic E-state index is 0.0301. The van der Waals surface area contributed by atoms with E-state index < -0.39 is 22.8 Å². The molecule has 1 unspecified atom stereocenters. The molecule has 0 radical (unpaired) electrons. The Hall–Kier alpha value is -1.66. The van der Waals surface area contributed by atoms with Crippen LogP contribution in [0.4, 0.5) is 0 Å². The number of carbonyl (C=O) groups is 2. The van der Waals surface area contributed by atoms with Gasteiger partial charge in [0.15, 0.2) is 0 Å². The van der Waals surface area contributed by atoms with E-state index in [9.17, 15) is 30.0 Å². The van der Waals surface area contributed by atoms with E-state index in [1.807, 2.05) is 0 Å². The van der Waals surface area contributed by atoms with Crippen molar-refractivity contribution in [2.75, 3.05) is 0 Å². The number of aliphatic hydroxyl groups is 2. The summed E-state index contributed by atoms with van der Waals surface area (Å²) >= 11 is 0. The van der Waals surface area contributed by atoms with Crippen molar-refractivity contribution in [1.82, 2.24) is 0 Å². The number of fused-ring (bicyclic) bond motifs is 14. The molecule has 18 atom stereocenters. The van der Waals surface area contributed by atoms with Crippen LogP contribution in [0.15, 0.2) is 23.3 Å². The molecule has 0 saturated heterocycles. The maximum Gasteiger partial charge on any atom is 0.310 e. The van der Waals surface area contributed by atoms with Gasteiger partial charge in [0.05, 0.1) is 23.0 Å². The minimum Gasteiger partial charge on any atom is -0.481 e. The van der Waals surface area contributed by atoms with Crippen LogP contribution in [0.25, 0.3) is 0 Å². The fourth-order valence-corrected chi connectivity index (χ4v) is 21.5. The van der Waals surface area contributed by atoms with Gasteiger partial charge in [-0.15, -0.1) is 0 Å². The topological polar surface area (TPSA) is 115 Å². The zero-order valence-corrected chi connectivity index (χ0v) is 44.5. The number of aliphatic carboxylic acids is 2. The third kappa shape index (κ3) is 6.21. The van der Waals surface area contributed by atoms with E-state index in [1.165, 1.54) is 36.8 Å². The third-order valence-electron chi connectivity index (χ3n) is 26.4. The molecule has 10 aliphatic carbocycles. The van der Waals surface area contributed by atoms with E-state index in [4.69, 9.17) is 0 Å². The lowest BCUT2D eigenvalue weighted by molar-refractivity contribution is -0.206. The van der Waals surface area contributed by atoms with Gasteiger partial charge < -0.3 is 20.4 Å². The number of rotatable bonds is 2. The molecule has 0 aromatic heterocycles. The lowest BCUT2D eigenvalue weighted by Crippen LogP contribution is -2.65. The summed E-state index contributed by atoms with van der Waals surface area (Å²) < 4.78 is 0. The van der Waals surface area contributed by atoms with Crippen LogP contribution in [0.1, 0.15) is 219 Å². The predicted molar refractivity (Wildman–Crippen MR) is 265 cm³/mol. The van der Waals surface area contributed by atoms with Gasteiger partial charge in [-0.3, -0.25) is 9.59 Å². The number of carboxylic acid groups (broad SMARTS) is 2. The average Bonchev–Trinajstić information content (AvgIpc) is 3.22. The van der Waals surface area contributed by atoms with Crippen molar-refractivity contribution in [3.05, 3.63) is 23.3 Å². The first-order valence-electron chi connectivity index (χ1n) is 27.6. The molecule has 0 spiro atoms. The van der Waals surface area contributed by atoms with Crippen LogP contribution in [-0.4, -0.2) is 44.6 Å². The number of aliphatic hydroxyl groups excluding tert-OH is 2. The normalized spacial score (nSPS) is 53.9. The summed E-state index contributed by atoms with van der Waals surface area (Å²) in [5, 5.41) is 42.8. The summed E-state index contributed by atoms with van der Waals surface area (Å²) in [4.78, 5) is 25.5. The van der Waals surface area contributed by atoms with Crippen LogP contribution in [0.5, 0.6) is 0 Å². The summed E-state index contributed by atoms with van der Waals surface area (Å²) in [5.41, 5.74) is 3.13. The van der Waals surface area contributed by atoms with Gasteiger partial charge in [-0.25, -0.2) is 0 Å². The van der Waals surface area contributed by atoms with Crippen molar-refractivity contribution in [2.45, 2.75) is 231 Å². The van der Waals surface area contributed by atoms with Crippen molar-refractivity contribution >= 4 is 11.9 Å². The summed E-state index contributed by atoms with van der Waals surface area (Å²) in [6.45, 7) is 33.9. The Balaban J connectivity index is 0.000000166. The van der Waals surface area contributed by atoms with Crippen LogP contribution < -0.4 is 0 Å². The molecule has 0 bridgehead atoms.